The molecule has 2 aromatic rings. The van der Waals surface area contributed by atoms with Crippen LogP contribution in [0.4, 0.5) is 0 Å². The van der Waals surface area contributed by atoms with Gasteiger partial charge in [-0.15, -0.1) is 0 Å². The molecule has 0 aromatic heterocycles. The highest BCUT2D eigenvalue weighted by Gasteiger charge is 2.19. The van der Waals surface area contributed by atoms with Gasteiger partial charge in [-0.05, 0) is 18.2 Å². The van der Waals surface area contributed by atoms with Crippen molar-refractivity contribution in [2.75, 3.05) is 21.3 Å². The lowest BCUT2D eigenvalue weighted by atomic mass is 10.1. The minimum atomic E-state index is -3.86. The SMILES string of the molecule is COc1cc(OC)c(OC)cc1CNS(=O)(=O)c1ccccc1C#N. The Morgan fingerprint density at radius 1 is 1.00 bits per heavy atom. The van der Waals surface area contributed by atoms with E-state index in [0.29, 0.717) is 22.8 Å². The molecule has 0 unspecified atom stereocenters. The van der Waals surface area contributed by atoms with Crippen LogP contribution < -0.4 is 18.9 Å². The van der Waals surface area contributed by atoms with E-state index in [0.717, 1.165) is 0 Å². The van der Waals surface area contributed by atoms with Crippen LogP contribution in [0.3, 0.4) is 0 Å². The van der Waals surface area contributed by atoms with Gasteiger partial charge >= 0.3 is 0 Å². The van der Waals surface area contributed by atoms with Crippen molar-refractivity contribution in [2.45, 2.75) is 11.4 Å². The first-order valence-corrected chi connectivity index (χ1v) is 8.72. The minimum Gasteiger partial charge on any atom is -0.496 e. The van der Waals surface area contributed by atoms with Gasteiger partial charge in [-0.25, -0.2) is 13.1 Å². The van der Waals surface area contributed by atoms with Gasteiger partial charge in [0.25, 0.3) is 0 Å². The lowest BCUT2D eigenvalue weighted by Gasteiger charge is -2.15. The summed E-state index contributed by atoms with van der Waals surface area (Å²) in [6.45, 7) is -0.0361. The molecule has 0 heterocycles. The molecule has 0 atom stereocenters. The molecule has 0 amide bonds. The maximum atomic E-state index is 12.5. The van der Waals surface area contributed by atoms with Gasteiger partial charge in [0.15, 0.2) is 11.5 Å². The summed E-state index contributed by atoms with van der Waals surface area (Å²) in [6.07, 6.45) is 0. The van der Waals surface area contributed by atoms with Crippen molar-refractivity contribution in [1.82, 2.24) is 4.72 Å². The Balaban J connectivity index is 2.33. The van der Waals surface area contributed by atoms with Crippen LogP contribution in [-0.4, -0.2) is 29.7 Å². The number of benzene rings is 2. The van der Waals surface area contributed by atoms with Crippen LogP contribution in [0.5, 0.6) is 17.2 Å². The van der Waals surface area contributed by atoms with Crippen molar-refractivity contribution >= 4 is 10.0 Å². The molecule has 0 bridgehead atoms. The molecule has 0 radical (unpaired) electrons. The minimum absolute atomic E-state index is 0.0361. The van der Waals surface area contributed by atoms with Gasteiger partial charge in [-0.3, -0.25) is 0 Å². The molecule has 25 heavy (non-hydrogen) atoms. The zero-order valence-corrected chi connectivity index (χ0v) is 14.9. The molecule has 7 nitrogen and oxygen atoms in total. The van der Waals surface area contributed by atoms with Crippen LogP contribution in [0, 0.1) is 11.3 Å². The zero-order chi connectivity index (χ0) is 18.4. The highest BCUT2D eigenvalue weighted by atomic mass is 32.2. The van der Waals surface area contributed by atoms with E-state index in [4.69, 9.17) is 19.5 Å². The number of nitrogens with one attached hydrogen (secondary N) is 1. The maximum absolute atomic E-state index is 12.5. The van der Waals surface area contributed by atoms with Gasteiger partial charge in [-0.2, -0.15) is 5.26 Å². The third-order valence-corrected chi connectivity index (χ3v) is 5.00. The molecule has 0 aliphatic rings. The fourth-order valence-electron chi connectivity index (χ4n) is 2.27. The van der Waals surface area contributed by atoms with Gasteiger partial charge in [-0.1, -0.05) is 12.1 Å². The summed E-state index contributed by atoms with van der Waals surface area (Å²) >= 11 is 0. The molecular weight excluding hydrogens is 344 g/mol. The van der Waals surface area contributed by atoms with Gasteiger partial charge in [0.05, 0.1) is 31.8 Å². The van der Waals surface area contributed by atoms with Crippen LogP contribution in [0.1, 0.15) is 11.1 Å². The number of sulfonamides is 1. The number of rotatable bonds is 7. The number of ether oxygens (including phenoxy) is 3. The molecular formula is C17H18N2O5S. The molecule has 132 valence electrons. The topological polar surface area (TPSA) is 97.7 Å². The fourth-order valence-corrected chi connectivity index (χ4v) is 3.44. The van der Waals surface area contributed by atoms with E-state index < -0.39 is 10.0 Å². The average molecular weight is 362 g/mol. The molecule has 0 saturated heterocycles. The largest absolute Gasteiger partial charge is 0.496 e. The van der Waals surface area contributed by atoms with Crippen LogP contribution in [0.25, 0.3) is 0 Å². The average Bonchev–Trinajstić information content (AvgIpc) is 2.65. The molecule has 0 aliphatic heterocycles. The number of methoxy groups -OCH3 is 3. The molecule has 0 spiro atoms. The summed E-state index contributed by atoms with van der Waals surface area (Å²) in [5.41, 5.74) is 0.646. The van der Waals surface area contributed by atoms with E-state index in [1.165, 1.54) is 33.5 Å². The highest BCUT2D eigenvalue weighted by Crippen LogP contribution is 2.34. The first-order chi connectivity index (χ1) is 12.0. The predicted molar refractivity (Wildman–Crippen MR) is 91.3 cm³/mol. The quantitative estimate of drug-likeness (QED) is 0.810. The number of nitriles is 1. The van der Waals surface area contributed by atoms with Crippen LogP contribution in [0.15, 0.2) is 41.3 Å². The lowest BCUT2D eigenvalue weighted by Crippen LogP contribution is -2.24. The summed E-state index contributed by atoms with van der Waals surface area (Å²) in [5.74, 6) is 1.38. The molecule has 2 aromatic carbocycles. The predicted octanol–water partition coefficient (Wildman–Crippen LogP) is 2.06. The Morgan fingerprint density at radius 3 is 2.20 bits per heavy atom. The third-order valence-electron chi connectivity index (χ3n) is 3.54. The molecule has 0 saturated carbocycles. The molecule has 1 N–H and O–H groups in total. The first kappa shape index (κ1) is 18.6. The van der Waals surface area contributed by atoms with Gasteiger partial charge in [0, 0.05) is 18.2 Å². The van der Waals surface area contributed by atoms with E-state index >= 15 is 0 Å². The fraction of sp³-hybridized carbons (Fsp3) is 0.235. The normalized spacial score (nSPS) is 10.8. The van der Waals surface area contributed by atoms with E-state index in [-0.39, 0.29) is 17.0 Å². The number of hydrogen-bond acceptors (Lipinski definition) is 6. The molecule has 8 heteroatoms. The Morgan fingerprint density at radius 2 is 1.60 bits per heavy atom. The standard InChI is InChI=1S/C17H18N2O5S/c1-22-14-9-16(24-3)15(23-2)8-13(14)11-19-25(20,21)17-7-5-4-6-12(17)10-18/h4-9,19H,11H2,1-3H3. The van der Waals surface area contributed by atoms with E-state index in [2.05, 4.69) is 4.72 Å². The Hall–Kier alpha value is -2.76. The van der Waals surface area contributed by atoms with Crippen molar-refractivity contribution < 1.29 is 22.6 Å². The number of hydrogen-bond donors (Lipinski definition) is 1. The lowest BCUT2D eigenvalue weighted by molar-refractivity contribution is 0.347. The maximum Gasteiger partial charge on any atom is 0.242 e. The Labute approximate surface area is 146 Å². The summed E-state index contributed by atoms with van der Waals surface area (Å²) < 4.78 is 43.2. The van der Waals surface area contributed by atoms with Crippen molar-refractivity contribution in [3.8, 4) is 23.3 Å². The van der Waals surface area contributed by atoms with Crippen molar-refractivity contribution in [2.24, 2.45) is 0 Å². The second-order valence-corrected chi connectivity index (χ2v) is 6.69. The zero-order valence-electron chi connectivity index (χ0n) is 14.1. The third kappa shape index (κ3) is 4.02. The monoisotopic (exact) mass is 362 g/mol. The van der Waals surface area contributed by atoms with Crippen molar-refractivity contribution in [3.63, 3.8) is 0 Å². The smallest absolute Gasteiger partial charge is 0.242 e. The second-order valence-electron chi connectivity index (χ2n) is 4.95. The van der Waals surface area contributed by atoms with Gasteiger partial charge < -0.3 is 14.2 Å². The van der Waals surface area contributed by atoms with Crippen LogP contribution in [-0.2, 0) is 16.6 Å². The highest BCUT2D eigenvalue weighted by molar-refractivity contribution is 7.89. The van der Waals surface area contributed by atoms with Crippen molar-refractivity contribution in [1.29, 1.82) is 5.26 Å². The van der Waals surface area contributed by atoms with Gasteiger partial charge in [0.2, 0.25) is 10.0 Å². The van der Waals surface area contributed by atoms with Crippen LogP contribution >= 0.6 is 0 Å². The van der Waals surface area contributed by atoms with E-state index in [9.17, 15) is 8.42 Å². The van der Waals surface area contributed by atoms with Crippen LogP contribution in [0.2, 0.25) is 0 Å². The summed E-state index contributed by atoms with van der Waals surface area (Å²) in [4.78, 5) is -0.0723. The van der Waals surface area contributed by atoms with Crippen molar-refractivity contribution in [3.05, 3.63) is 47.5 Å². The summed E-state index contributed by atoms with van der Waals surface area (Å²) in [7, 11) is 0.601. The second kappa shape index (κ2) is 7.88. The summed E-state index contributed by atoms with van der Waals surface area (Å²) in [6, 6.07) is 11.1. The number of nitrogens with zero attached hydrogens (tertiary/aromatic N) is 1. The first-order valence-electron chi connectivity index (χ1n) is 7.24. The van der Waals surface area contributed by atoms with Gasteiger partial charge in [0.1, 0.15) is 11.8 Å². The molecule has 2 rings (SSSR count). The van der Waals surface area contributed by atoms with E-state index in [1.807, 2.05) is 6.07 Å². The Bertz CT molecular complexity index is 904. The summed E-state index contributed by atoms with van der Waals surface area (Å²) in [5, 5.41) is 9.08. The molecule has 0 aliphatic carbocycles. The van der Waals surface area contributed by atoms with E-state index in [1.54, 1.807) is 24.3 Å². The molecule has 0 fully saturated rings. The Kier molecular flexibility index (Phi) is 5.85.